The summed E-state index contributed by atoms with van der Waals surface area (Å²) >= 11 is 0. The summed E-state index contributed by atoms with van der Waals surface area (Å²) in [7, 11) is 1.55. The molecule has 1 fully saturated rings. The summed E-state index contributed by atoms with van der Waals surface area (Å²) in [6, 6.07) is 3.37. The number of pyridine rings is 1. The van der Waals surface area contributed by atoms with Crippen LogP contribution in [0.4, 0.5) is 5.69 Å². The molecule has 1 aromatic heterocycles. The Hall–Kier alpha value is -1.62. The summed E-state index contributed by atoms with van der Waals surface area (Å²) < 4.78 is 5.02. The van der Waals surface area contributed by atoms with Gasteiger partial charge in [-0.1, -0.05) is 6.92 Å². The lowest BCUT2D eigenvalue weighted by Crippen LogP contribution is -2.45. The largest absolute Gasteiger partial charge is 0.481 e. The molecule has 98 valence electrons. The molecule has 5 nitrogen and oxygen atoms in total. The number of piperidine rings is 1. The van der Waals surface area contributed by atoms with Crippen molar-refractivity contribution in [2.24, 2.45) is 5.92 Å². The zero-order valence-corrected chi connectivity index (χ0v) is 10.8. The van der Waals surface area contributed by atoms with Gasteiger partial charge < -0.3 is 15.4 Å². The van der Waals surface area contributed by atoms with Gasteiger partial charge >= 0.3 is 0 Å². The highest BCUT2D eigenvalue weighted by atomic mass is 16.5. The highest BCUT2D eigenvalue weighted by Gasteiger charge is 2.24. The first-order valence-corrected chi connectivity index (χ1v) is 6.23. The van der Waals surface area contributed by atoms with E-state index in [1.165, 1.54) is 0 Å². The fourth-order valence-corrected chi connectivity index (χ4v) is 2.14. The second-order valence-electron chi connectivity index (χ2n) is 4.71. The van der Waals surface area contributed by atoms with E-state index >= 15 is 0 Å². The molecule has 2 unspecified atom stereocenters. The number of amides is 1. The summed E-state index contributed by atoms with van der Waals surface area (Å²) in [5.74, 6) is 1.10. The predicted molar refractivity (Wildman–Crippen MR) is 69.6 cm³/mol. The number of anilines is 1. The first kappa shape index (κ1) is 12.8. The summed E-state index contributed by atoms with van der Waals surface area (Å²) in [5.41, 5.74) is 0.715. The molecule has 0 spiro atoms. The predicted octanol–water partition coefficient (Wildman–Crippen LogP) is 1.42. The fourth-order valence-electron chi connectivity index (χ4n) is 2.14. The van der Waals surface area contributed by atoms with Crippen LogP contribution in [0.3, 0.4) is 0 Å². The molecular weight excluding hydrogens is 230 g/mol. The van der Waals surface area contributed by atoms with Gasteiger partial charge in [0.2, 0.25) is 11.8 Å². The third-order valence-electron chi connectivity index (χ3n) is 3.19. The van der Waals surface area contributed by atoms with Gasteiger partial charge in [0, 0.05) is 18.0 Å². The number of carbonyl (C=O) groups is 1. The maximum atomic E-state index is 12.1. The Kier molecular flexibility index (Phi) is 4.15. The number of hydrogen-bond donors (Lipinski definition) is 2. The lowest BCUT2D eigenvalue weighted by atomic mass is 9.94. The second kappa shape index (κ2) is 5.82. The van der Waals surface area contributed by atoms with Crippen LogP contribution in [0, 0.1) is 5.92 Å². The molecule has 0 saturated carbocycles. The average molecular weight is 249 g/mol. The molecule has 18 heavy (non-hydrogen) atoms. The molecule has 0 aromatic carbocycles. The van der Waals surface area contributed by atoms with Gasteiger partial charge in [0.1, 0.15) is 0 Å². The number of carbonyl (C=O) groups excluding carboxylic acids is 1. The van der Waals surface area contributed by atoms with E-state index in [0.717, 1.165) is 19.4 Å². The van der Waals surface area contributed by atoms with E-state index < -0.39 is 0 Å². The number of nitrogens with zero attached hydrogens (tertiary/aromatic N) is 1. The summed E-state index contributed by atoms with van der Waals surface area (Å²) in [6.07, 6.45) is 3.63. The SMILES string of the molecule is COc1cc(NC(=O)C2CC(C)CCN2)ccn1. The number of nitrogens with one attached hydrogen (secondary N) is 2. The van der Waals surface area contributed by atoms with Crippen LogP contribution >= 0.6 is 0 Å². The lowest BCUT2D eigenvalue weighted by molar-refractivity contribution is -0.119. The van der Waals surface area contributed by atoms with Crippen LogP contribution < -0.4 is 15.4 Å². The minimum absolute atomic E-state index is 0.00908. The van der Waals surface area contributed by atoms with Crippen molar-refractivity contribution < 1.29 is 9.53 Å². The maximum absolute atomic E-state index is 12.1. The van der Waals surface area contributed by atoms with E-state index in [2.05, 4.69) is 22.5 Å². The molecule has 1 amide bonds. The van der Waals surface area contributed by atoms with Gasteiger partial charge in [-0.2, -0.15) is 0 Å². The number of aromatic nitrogens is 1. The molecule has 2 rings (SSSR count). The highest BCUT2D eigenvalue weighted by molar-refractivity contribution is 5.94. The van der Waals surface area contributed by atoms with Crippen molar-refractivity contribution in [3.05, 3.63) is 18.3 Å². The van der Waals surface area contributed by atoms with Crippen molar-refractivity contribution >= 4 is 11.6 Å². The highest BCUT2D eigenvalue weighted by Crippen LogP contribution is 2.18. The summed E-state index contributed by atoms with van der Waals surface area (Å²) in [4.78, 5) is 16.1. The van der Waals surface area contributed by atoms with Crippen molar-refractivity contribution in [1.29, 1.82) is 0 Å². The zero-order valence-electron chi connectivity index (χ0n) is 10.8. The van der Waals surface area contributed by atoms with Crippen LogP contribution in [0.5, 0.6) is 5.88 Å². The third kappa shape index (κ3) is 3.20. The van der Waals surface area contributed by atoms with Gasteiger partial charge in [-0.05, 0) is 31.4 Å². The van der Waals surface area contributed by atoms with Crippen molar-refractivity contribution in [1.82, 2.24) is 10.3 Å². The molecule has 2 atom stereocenters. The van der Waals surface area contributed by atoms with Gasteiger partial charge in [0.25, 0.3) is 0 Å². The van der Waals surface area contributed by atoms with E-state index in [-0.39, 0.29) is 11.9 Å². The molecule has 1 aromatic rings. The van der Waals surface area contributed by atoms with Crippen LogP contribution in [-0.4, -0.2) is 30.6 Å². The third-order valence-corrected chi connectivity index (χ3v) is 3.19. The molecule has 1 aliphatic heterocycles. The summed E-state index contributed by atoms with van der Waals surface area (Å²) in [6.45, 7) is 3.08. The topological polar surface area (TPSA) is 63.2 Å². The Labute approximate surface area is 107 Å². The van der Waals surface area contributed by atoms with Crippen molar-refractivity contribution in [3.8, 4) is 5.88 Å². The van der Waals surface area contributed by atoms with Gasteiger partial charge in [0.15, 0.2) is 0 Å². The van der Waals surface area contributed by atoms with Crippen LogP contribution in [-0.2, 0) is 4.79 Å². The average Bonchev–Trinajstić information content (AvgIpc) is 2.39. The van der Waals surface area contributed by atoms with Crippen molar-refractivity contribution in [2.45, 2.75) is 25.8 Å². The van der Waals surface area contributed by atoms with E-state index in [1.807, 2.05) is 0 Å². The second-order valence-corrected chi connectivity index (χ2v) is 4.71. The molecule has 5 heteroatoms. The molecule has 0 radical (unpaired) electrons. The Morgan fingerprint density at radius 1 is 1.61 bits per heavy atom. The monoisotopic (exact) mass is 249 g/mol. The molecule has 2 N–H and O–H groups in total. The van der Waals surface area contributed by atoms with Crippen LogP contribution in [0.25, 0.3) is 0 Å². The van der Waals surface area contributed by atoms with E-state index in [1.54, 1.807) is 25.4 Å². The van der Waals surface area contributed by atoms with Gasteiger partial charge in [-0.15, -0.1) is 0 Å². The zero-order chi connectivity index (χ0) is 13.0. The van der Waals surface area contributed by atoms with E-state index in [0.29, 0.717) is 17.5 Å². The first-order valence-electron chi connectivity index (χ1n) is 6.23. The van der Waals surface area contributed by atoms with Crippen LogP contribution in [0.15, 0.2) is 18.3 Å². The number of hydrogen-bond acceptors (Lipinski definition) is 4. The first-order chi connectivity index (χ1) is 8.69. The quantitative estimate of drug-likeness (QED) is 0.850. The Morgan fingerprint density at radius 3 is 3.17 bits per heavy atom. The molecule has 1 saturated heterocycles. The van der Waals surface area contributed by atoms with Crippen molar-refractivity contribution in [2.75, 3.05) is 19.0 Å². The standard InChI is InChI=1S/C13H19N3O2/c1-9-3-5-14-11(7-9)13(17)16-10-4-6-15-12(8-10)18-2/h4,6,8-9,11,14H,3,5,7H2,1-2H3,(H,15,16,17). The smallest absolute Gasteiger partial charge is 0.241 e. The fraction of sp³-hybridized carbons (Fsp3) is 0.538. The normalized spacial score (nSPS) is 23.4. The molecule has 0 aliphatic carbocycles. The van der Waals surface area contributed by atoms with E-state index in [9.17, 15) is 4.79 Å². The number of methoxy groups -OCH3 is 1. The maximum Gasteiger partial charge on any atom is 0.241 e. The molecular formula is C13H19N3O2. The number of ether oxygens (including phenoxy) is 1. The Morgan fingerprint density at radius 2 is 2.44 bits per heavy atom. The molecule has 2 heterocycles. The number of rotatable bonds is 3. The Balaban J connectivity index is 1.97. The molecule has 0 bridgehead atoms. The minimum atomic E-state index is -0.104. The van der Waals surface area contributed by atoms with Gasteiger partial charge in [-0.3, -0.25) is 4.79 Å². The van der Waals surface area contributed by atoms with Gasteiger partial charge in [-0.25, -0.2) is 4.98 Å². The van der Waals surface area contributed by atoms with Gasteiger partial charge in [0.05, 0.1) is 13.2 Å². The van der Waals surface area contributed by atoms with Crippen LogP contribution in [0.1, 0.15) is 19.8 Å². The summed E-state index contributed by atoms with van der Waals surface area (Å²) in [5, 5.41) is 6.12. The lowest BCUT2D eigenvalue weighted by Gasteiger charge is -2.27. The Bertz CT molecular complexity index is 422. The van der Waals surface area contributed by atoms with E-state index in [4.69, 9.17) is 4.74 Å². The van der Waals surface area contributed by atoms with Crippen LogP contribution in [0.2, 0.25) is 0 Å². The minimum Gasteiger partial charge on any atom is -0.481 e. The molecule has 1 aliphatic rings. The van der Waals surface area contributed by atoms with Crippen molar-refractivity contribution in [3.63, 3.8) is 0 Å².